The predicted molar refractivity (Wildman–Crippen MR) is 87.1 cm³/mol. The zero-order chi connectivity index (χ0) is 16.1. The third-order valence-corrected chi connectivity index (χ3v) is 4.06. The number of rotatable bonds is 4. The quantitative estimate of drug-likeness (QED) is 0.870. The van der Waals surface area contributed by atoms with Crippen molar-refractivity contribution in [2.24, 2.45) is 0 Å². The van der Waals surface area contributed by atoms with Gasteiger partial charge in [0.1, 0.15) is 6.10 Å². The van der Waals surface area contributed by atoms with Gasteiger partial charge in [0, 0.05) is 38.3 Å². The van der Waals surface area contributed by atoms with Crippen molar-refractivity contribution in [3.63, 3.8) is 0 Å². The molecule has 1 saturated heterocycles. The highest BCUT2D eigenvalue weighted by Crippen LogP contribution is 2.17. The number of likely N-dealkylation sites (tertiary alicyclic amines) is 1. The van der Waals surface area contributed by atoms with Crippen molar-refractivity contribution in [1.82, 2.24) is 14.9 Å². The average molecular weight is 311 g/mol. The summed E-state index contributed by atoms with van der Waals surface area (Å²) in [7, 11) is 0. The van der Waals surface area contributed by atoms with Gasteiger partial charge in [-0.2, -0.15) is 0 Å². The first-order valence-electron chi connectivity index (χ1n) is 7.97. The molecule has 0 saturated carbocycles. The van der Waals surface area contributed by atoms with Crippen molar-refractivity contribution in [3.05, 3.63) is 54.0 Å². The summed E-state index contributed by atoms with van der Waals surface area (Å²) in [5.74, 6) is 0.741. The van der Waals surface area contributed by atoms with Crippen molar-refractivity contribution >= 4 is 5.91 Å². The molecule has 0 aliphatic carbocycles. The molecule has 5 heteroatoms. The van der Waals surface area contributed by atoms with Crippen molar-refractivity contribution in [2.75, 3.05) is 13.1 Å². The number of aryl methyl sites for hydroxylation is 1. The van der Waals surface area contributed by atoms with Crippen molar-refractivity contribution < 1.29 is 9.53 Å². The minimum absolute atomic E-state index is 0.106. The van der Waals surface area contributed by atoms with Gasteiger partial charge in [-0.1, -0.05) is 29.8 Å². The van der Waals surface area contributed by atoms with Gasteiger partial charge in [0.05, 0.1) is 12.6 Å². The molecule has 1 aromatic heterocycles. The average Bonchev–Trinajstić information content (AvgIpc) is 2.56. The third kappa shape index (κ3) is 4.28. The van der Waals surface area contributed by atoms with Crippen molar-refractivity contribution in [3.8, 4) is 5.88 Å². The molecule has 2 aromatic rings. The summed E-state index contributed by atoms with van der Waals surface area (Å²) < 4.78 is 5.81. The number of carbonyl (C=O) groups is 1. The van der Waals surface area contributed by atoms with Crippen LogP contribution in [0.4, 0.5) is 0 Å². The second kappa shape index (κ2) is 7.22. The van der Waals surface area contributed by atoms with E-state index in [2.05, 4.69) is 16.0 Å². The lowest BCUT2D eigenvalue weighted by Gasteiger charge is -2.32. The first kappa shape index (κ1) is 15.5. The molecule has 120 valence electrons. The first-order valence-corrected chi connectivity index (χ1v) is 7.97. The highest BCUT2D eigenvalue weighted by Gasteiger charge is 2.24. The molecule has 1 amide bonds. The number of carbonyl (C=O) groups excluding carboxylic acids is 1. The predicted octanol–water partition coefficient (Wildman–Crippen LogP) is 2.40. The van der Waals surface area contributed by atoms with Gasteiger partial charge in [-0.15, -0.1) is 0 Å². The summed E-state index contributed by atoms with van der Waals surface area (Å²) in [6.07, 6.45) is 7.10. The summed E-state index contributed by atoms with van der Waals surface area (Å²) in [5, 5.41) is 0. The summed E-state index contributed by atoms with van der Waals surface area (Å²) in [6.45, 7) is 3.51. The highest BCUT2D eigenvalue weighted by molar-refractivity contribution is 5.78. The van der Waals surface area contributed by atoms with Gasteiger partial charge in [-0.3, -0.25) is 9.78 Å². The van der Waals surface area contributed by atoms with E-state index in [-0.39, 0.29) is 12.0 Å². The van der Waals surface area contributed by atoms with E-state index in [1.165, 1.54) is 5.56 Å². The second-order valence-electron chi connectivity index (χ2n) is 5.91. The first-order chi connectivity index (χ1) is 11.2. The lowest BCUT2D eigenvalue weighted by Crippen LogP contribution is -2.42. The molecule has 2 heterocycles. The van der Waals surface area contributed by atoms with E-state index >= 15 is 0 Å². The van der Waals surface area contributed by atoms with Gasteiger partial charge in [0.25, 0.3) is 0 Å². The number of benzene rings is 1. The van der Waals surface area contributed by atoms with Crippen molar-refractivity contribution in [2.45, 2.75) is 32.3 Å². The Balaban J connectivity index is 1.49. The maximum absolute atomic E-state index is 12.4. The number of hydrogen-bond acceptors (Lipinski definition) is 4. The minimum Gasteiger partial charge on any atom is -0.473 e. The highest BCUT2D eigenvalue weighted by atomic mass is 16.5. The molecule has 23 heavy (non-hydrogen) atoms. The number of nitrogens with zero attached hydrogens (tertiary/aromatic N) is 3. The van der Waals surface area contributed by atoms with Gasteiger partial charge in [0.15, 0.2) is 0 Å². The van der Waals surface area contributed by atoms with Crippen LogP contribution in [0.2, 0.25) is 0 Å². The lowest BCUT2D eigenvalue weighted by atomic mass is 10.0. The van der Waals surface area contributed by atoms with Gasteiger partial charge in [0.2, 0.25) is 11.8 Å². The van der Waals surface area contributed by atoms with Gasteiger partial charge < -0.3 is 9.64 Å². The summed E-state index contributed by atoms with van der Waals surface area (Å²) in [6, 6.07) is 8.12. The number of hydrogen-bond donors (Lipinski definition) is 0. The fourth-order valence-corrected chi connectivity index (χ4v) is 2.85. The Morgan fingerprint density at radius 1 is 1.30 bits per heavy atom. The molecule has 0 atom stereocenters. The zero-order valence-electron chi connectivity index (χ0n) is 13.3. The Labute approximate surface area is 136 Å². The summed E-state index contributed by atoms with van der Waals surface area (Å²) >= 11 is 0. The Kier molecular flexibility index (Phi) is 4.86. The van der Waals surface area contributed by atoms with E-state index in [0.29, 0.717) is 12.3 Å². The summed E-state index contributed by atoms with van der Waals surface area (Å²) in [4.78, 5) is 22.5. The van der Waals surface area contributed by atoms with Crippen LogP contribution in [0.15, 0.2) is 42.9 Å². The maximum atomic E-state index is 12.4. The van der Waals surface area contributed by atoms with Crippen LogP contribution in [0, 0.1) is 6.92 Å². The number of piperidine rings is 1. The van der Waals surface area contributed by atoms with E-state index < -0.39 is 0 Å². The normalized spacial score (nSPS) is 15.4. The topological polar surface area (TPSA) is 55.3 Å². The lowest BCUT2D eigenvalue weighted by molar-refractivity contribution is -0.132. The Bertz CT molecular complexity index is 652. The van der Waals surface area contributed by atoms with Crippen LogP contribution in [0.1, 0.15) is 24.0 Å². The van der Waals surface area contributed by atoms with E-state index in [9.17, 15) is 4.79 Å². The maximum Gasteiger partial charge on any atom is 0.232 e. The fourth-order valence-electron chi connectivity index (χ4n) is 2.85. The van der Waals surface area contributed by atoms with Gasteiger partial charge in [-0.25, -0.2) is 4.98 Å². The fraction of sp³-hybridized carbons (Fsp3) is 0.389. The molecule has 1 fully saturated rings. The number of ether oxygens (including phenoxy) is 1. The van der Waals surface area contributed by atoms with Crippen LogP contribution >= 0.6 is 0 Å². The Morgan fingerprint density at radius 2 is 2.13 bits per heavy atom. The molecule has 0 bridgehead atoms. The Hall–Kier alpha value is -2.43. The van der Waals surface area contributed by atoms with Crippen LogP contribution in [-0.4, -0.2) is 40.0 Å². The van der Waals surface area contributed by atoms with E-state index in [1.54, 1.807) is 18.6 Å². The standard InChI is InChI=1S/C18H21N3O2/c1-14-3-2-4-15(11-14)12-18(22)21-9-5-16(6-10-21)23-17-13-19-7-8-20-17/h2-4,7-8,11,13,16H,5-6,9-10,12H2,1H3. The molecule has 0 N–H and O–H groups in total. The van der Waals surface area contributed by atoms with Gasteiger partial charge in [-0.05, 0) is 12.5 Å². The monoisotopic (exact) mass is 311 g/mol. The molecule has 3 rings (SSSR count). The van der Waals surface area contributed by atoms with E-state index in [1.807, 2.05) is 30.0 Å². The molecule has 0 spiro atoms. The largest absolute Gasteiger partial charge is 0.473 e. The molecule has 1 aromatic carbocycles. The van der Waals surface area contributed by atoms with Crippen molar-refractivity contribution in [1.29, 1.82) is 0 Å². The van der Waals surface area contributed by atoms with Crippen LogP contribution in [0.25, 0.3) is 0 Å². The van der Waals surface area contributed by atoms with E-state index in [4.69, 9.17) is 4.74 Å². The molecule has 5 nitrogen and oxygen atoms in total. The second-order valence-corrected chi connectivity index (χ2v) is 5.91. The molecule has 1 aliphatic heterocycles. The van der Waals surface area contributed by atoms with Crippen LogP contribution in [0.3, 0.4) is 0 Å². The minimum atomic E-state index is 0.106. The smallest absolute Gasteiger partial charge is 0.232 e. The third-order valence-electron chi connectivity index (χ3n) is 4.06. The van der Waals surface area contributed by atoms with Crippen LogP contribution < -0.4 is 4.74 Å². The summed E-state index contributed by atoms with van der Waals surface area (Å²) in [5.41, 5.74) is 2.26. The van der Waals surface area contributed by atoms with Gasteiger partial charge >= 0.3 is 0 Å². The molecule has 0 unspecified atom stereocenters. The molecular weight excluding hydrogens is 290 g/mol. The van der Waals surface area contributed by atoms with Crippen LogP contribution in [-0.2, 0) is 11.2 Å². The molecule has 1 aliphatic rings. The zero-order valence-corrected chi connectivity index (χ0v) is 13.3. The SMILES string of the molecule is Cc1cccc(CC(=O)N2CCC(Oc3cnccn3)CC2)c1. The Morgan fingerprint density at radius 3 is 2.83 bits per heavy atom. The number of aromatic nitrogens is 2. The molecular formula is C18H21N3O2. The number of amides is 1. The molecule has 0 radical (unpaired) electrons. The van der Waals surface area contributed by atoms with Crippen LogP contribution in [0.5, 0.6) is 5.88 Å². The van der Waals surface area contributed by atoms with E-state index in [0.717, 1.165) is 31.5 Å².